The summed E-state index contributed by atoms with van der Waals surface area (Å²) in [5.74, 6) is 0.255. The molecule has 0 saturated heterocycles. The number of hydrogen-bond acceptors (Lipinski definition) is 6. The van der Waals surface area contributed by atoms with Crippen LogP contribution in [0.4, 0.5) is 11.5 Å². The van der Waals surface area contributed by atoms with Gasteiger partial charge in [-0.25, -0.2) is 4.98 Å². The van der Waals surface area contributed by atoms with E-state index in [0.717, 1.165) is 12.3 Å². The predicted octanol–water partition coefficient (Wildman–Crippen LogP) is -0.954. The van der Waals surface area contributed by atoms with Gasteiger partial charge in [0.2, 0.25) is 0 Å². The number of aromatic nitrogens is 1. The zero-order valence-corrected chi connectivity index (χ0v) is 8.75. The van der Waals surface area contributed by atoms with Gasteiger partial charge in [-0.15, -0.1) is 0 Å². The number of rotatable bonds is 5. The second kappa shape index (κ2) is 5.74. The number of H-pyrrole nitrogens is 1. The summed E-state index contributed by atoms with van der Waals surface area (Å²) in [5, 5.41) is 39.7. The molecule has 0 radical (unpaired) electrons. The molecule has 0 fully saturated rings. The summed E-state index contributed by atoms with van der Waals surface area (Å²) in [7, 11) is 0. The number of nitriles is 1. The van der Waals surface area contributed by atoms with Crippen LogP contribution in [0.5, 0.6) is 0 Å². The third-order valence-corrected chi connectivity index (χ3v) is 1.98. The lowest BCUT2D eigenvalue weighted by molar-refractivity contribution is -0.413. The molecule has 1 rings (SSSR count). The molecule has 1 atom stereocenters. The number of nitrogens with one attached hydrogen (secondary N) is 2. The molecule has 0 amide bonds. The lowest BCUT2D eigenvalue weighted by atomic mass is 10.2. The predicted molar refractivity (Wildman–Crippen MR) is 55.9 cm³/mol. The van der Waals surface area contributed by atoms with Gasteiger partial charge in [-0.1, -0.05) is 0 Å². The maximum absolute atomic E-state index is 10.5. The van der Waals surface area contributed by atoms with Gasteiger partial charge in [0.25, 0.3) is 5.82 Å². The zero-order valence-electron chi connectivity index (χ0n) is 8.75. The van der Waals surface area contributed by atoms with Crippen molar-refractivity contribution in [3.63, 3.8) is 0 Å². The molecule has 1 aromatic heterocycles. The number of aliphatic hydroxyl groups excluding tert-OH is 2. The van der Waals surface area contributed by atoms with E-state index in [4.69, 9.17) is 15.5 Å². The summed E-state index contributed by atoms with van der Waals surface area (Å²) in [6, 6.07) is 2.91. The number of nitrogens with zero attached hydrogens (tertiary/aromatic N) is 2. The molecule has 0 aromatic carbocycles. The van der Waals surface area contributed by atoms with Crippen LogP contribution < -0.4 is 10.3 Å². The van der Waals surface area contributed by atoms with Crippen molar-refractivity contribution in [2.45, 2.75) is 6.10 Å². The molecule has 1 heterocycles. The third kappa shape index (κ3) is 3.37. The molecule has 0 bridgehead atoms. The van der Waals surface area contributed by atoms with E-state index in [9.17, 15) is 10.1 Å². The Hall–Kier alpha value is -2.24. The highest BCUT2D eigenvalue weighted by Crippen LogP contribution is 2.14. The minimum absolute atomic E-state index is 0.0273. The van der Waals surface area contributed by atoms with Gasteiger partial charge in [0, 0.05) is 6.07 Å². The van der Waals surface area contributed by atoms with Gasteiger partial charge in [0.1, 0.15) is 24.3 Å². The Morgan fingerprint density at radius 2 is 2.41 bits per heavy atom. The van der Waals surface area contributed by atoms with E-state index >= 15 is 0 Å². The van der Waals surface area contributed by atoms with Crippen molar-refractivity contribution >= 4 is 11.5 Å². The molecule has 0 aliphatic heterocycles. The molecule has 17 heavy (non-hydrogen) atoms. The highest BCUT2D eigenvalue weighted by atomic mass is 16.6. The molecule has 0 unspecified atom stereocenters. The van der Waals surface area contributed by atoms with Crippen molar-refractivity contribution in [1.82, 2.24) is 0 Å². The second-order valence-corrected chi connectivity index (χ2v) is 3.23. The van der Waals surface area contributed by atoms with Gasteiger partial charge in [-0.05, 0) is 0 Å². The Morgan fingerprint density at radius 3 is 2.94 bits per heavy atom. The molecule has 8 heteroatoms. The van der Waals surface area contributed by atoms with Crippen LogP contribution in [0.3, 0.4) is 0 Å². The van der Waals surface area contributed by atoms with E-state index in [1.165, 1.54) is 0 Å². The van der Waals surface area contributed by atoms with Gasteiger partial charge in [0.05, 0.1) is 11.5 Å². The summed E-state index contributed by atoms with van der Waals surface area (Å²) in [6.07, 6.45) is 0.166. The Bertz CT molecular complexity index is 457. The Labute approximate surface area is 96.3 Å². The van der Waals surface area contributed by atoms with Crippen LogP contribution in [-0.4, -0.2) is 34.4 Å². The van der Waals surface area contributed by atoms with Gasteiger partial charge < -0.3 is 10.2 Å². The largest absolute Gasteiger partial charge is 0.394 e. The summed E-state index contributed by atoms with van der Waals surface area (Å²) >= 11 is 0. The quantitative estimate of drug-likeness (QED) is 0.448. The summed E-state index contributed by atoms with van der Waals surface area (Å²) in [6.45, 7) is -0.388. The molecule has 0 aliphatic carbocycles. The highest BCUT2D eigenvalue weighted by Gasteiger charge is 2.17. The molecule has 1 aromatic rings. The van der Waals surface area contributed by atoms with Gasteiger partial charge in [-0.3, -0.25) is 15.4 Å². The monoisotopic (exact) mass is 239 g/mol. The second-order valence-electron chi connectivity index (χ2n) is 3.23. The fraction of sp³-hybridized carbons (Fsp3) is 0.333. The fourth-order valence-corrected chi connectivity index (χ4v) is 1.11. The lowest BCUT2D eigenvalue weighted by Crippen LogP contribution is -2.26. The van der Waals surface area contributed by atoms with Crippen LogP contribution in [0.15, 0.2) is 12.3 Å². The van der Waals surface area contributed by atoms with Crippen molar-refractivity contribution in [1.29, 1.82) is 5.26 Å². The molecule has 4 N–H and O–H groups in total. The van der Waals surface area contributed by atoms with E-state index in [1.807, 2.05) is 0 Å². The zero-order chi connectivity index (χ0) is 12.8. The first-order valence-corrected chi connectivity index (χ1v) is 4.71. The Kier molecular flexibility index (Phi) is 4.33. The first-order chi connectivity index (χ1) is 8.08. The Balaban J connectivity index is 2.87. The molecule has 0 spiro atoms. The summed E-state index contributed by atoms with van der Waals surface area (Å²) in [5.41, 5.74) is -0.167. The van der Waals surface area contributed by atoms with Crippen LogP contribution in [0.1, 0.15) is 5.56 Å². The number of anilines is 1. The third-order valence-electron chi connectivity index (χ3n) is 1.98. The molecule has 8 nitrogen and oxygen atoms in total. The summed E-state index contributed by atoms with van der Waals surface area (Å²) < 4.78 is 0. The average Bonchev–Trinajstić information content (AvgIpc) is 2.35. The number of aliphatic hydroxyl groups is 2. The minimum Gasteiger partial charge on any atom is -0.394 e. The van der Waals surface area contributed by atoms with Crippen LogP contribution in [-0.2, 0) is 0 Å². The molecule has 0 saturated carbocycles. The van der Waals surface area contributed by atoms with Crippen LogP contribution in [0.25, 0.3) is 0 Å². The Morgan fingerprint density at radius 1 is 1.71 bits per heavy atom. The van der Waals surface area contributed by atoms with Crippen molar-refractivity contribution < 1.29 is 20.1 Å². The van der Waals surface area contributed by atoms with Crippen LogP contribution in [0.2, 0.25) is 0 Å². The van der Waals surface area contributed by atoms with Crippen molar-refractivity contribution in [2.24, 2.45) is 0 Å². The van der Waals surface area contributed by atoms with Gasteiger partial charge in [0.15, 0.2) is 6.20 Å². The maximum Gasteiger partial charge on any atom is 0.309 e. The first-order valence-electron chi connectivity index (χ1n) is 4.71. The van der Waals surface area contributed by atoms with Crippen molar-refractivity contribution in [2.75, 3.05) is 18.5 Å². The fourth-order valence-electron chi connectivity index (χ4n) is 1.11. The van der Waals surface area contributed by atoms with Crippen molar-refractivity contribution in [3.8, 4) is 6.07 Å². The van der Waals surface area contributed by atoms with E-state index in [2.05, 4.69) is 10.3 Å². The van der Waals surface area contributed by atoms with E-state index in [-0.39, 0.29) is 23.6 Å². The number of hydrogen-bond donors (Lipinski definition) is 3. The number of aromatic amines is 1. The SMILES string of the molecule is N#Cc1cc([N+](=O)[O-])c[nH+]c1NC[C@@H](O)CO. The minimum atomic E-state index is -0.967. The highest BCUT2D eigenvalue weighted by molar-refractivity contribution is 5.51. The smallest absolute Gasteiger partial charge is 0.309 e. The maximum atomic E-state index is 10.5. The average molecular weight is 239 g/mol. The standard InChI is InChI=1S/C9H10N4O4/c10-2-6-1-7(13(16)17)3-11-9(6)12-4-8(15)5-14/h1,3,8,14-15H,4-5H2,(H,11,12)/p+1/t8-/m1/s1. The first kappa shape index (κ1) is 12.8. The van der Waals surface area contributed by atoms with Gasteiger partial charge in [-0.2, -0.15) is 5.26 Å². The number of nitro groups is 1. The summed E-state index contributed by atoms with van der Waals surface area (Å²) in [4.78, 5) is 12.4. The lowest BCUT2D eigenvalue weighted by Gasteiger charge is -2.04. The van der Waals surface area contributed by atoms with Crippen molar-refractivity contribution in [3.05, 3.63) is 27.9 Å². The number of pyridine rings is 1. The van der Waals surface area contributed by atoms with E-state index < -0.39 is 17.6 Å². The molecular formula is C9H11N4O4+. The van der Waals surface area contributed by atoms with E-state index in [0.29, 0.717) is 0 Å². The molecular weight excluding hydrogens is 228 g/mol. The molecule has 90 valence electrons. The normalized spacial score (nSPS) is 11.6. The van der Waals surface area contributed by atoms with E-state index in [1.54, 1.807) is 6.07 Å². The topological polar surface area (TPSA) is 134 Å². The van der Waals surface area contributed by atoms with Gasteiger partial charge >= 0.3 is 5.69 Å². The molecule has 0 aliphatic rings. The van der Waals surface area contributed by atoms with Crippen LogP contribution >= 0.6 is 0 Å². The van der Waals surface area contributed by atoms with Crippen LogP contribution in [0, 0.1) is 21.4 Å².